The van der Waals surface area contributed by atoms with Crippen LogP contribution in [0.2, 0.25) is 5.04 Å². The van der Waals surface area contributed by atoms with Gasteiger partial charge in [-0.1, -0.05) is 81.4 Å². The van der Waals surface area contributed by atoms with Crippen molar-refractivity contribution in [1.29, 1.82) is 0 Å². The number of nitrogens with zero attached hydrogens (tertiary/aromatic N) is 1. The summed E-state index contributed by atoms with van der Waals surface area (Å²) in [6, 6.07) is 22.1. The molecule has 2 aliphatic heterocycles. The van der Waals surface area contributed by atoms with Crippen molar-refractivity contribution in [3.8, 4) is 0 Å². The number of carbonyl (C=O) groups is 1. The van der Waals surface area contributed by atoms with Gasteiger partial charge in [0.2, 0.25) is 0 Å². The van der Waals surface area contributed by atoms with Crippen LogP contribution in [0, 0.1) is 5.92 Å². The van der Waals surface area contributed by atoms with Crippen molar-refractivity contribution in [2.75, 3.05) is 6.61 Å². The second-order valence-corrected chi connectivity index (χ2v) is 16.0. The second kappa shape index (κ2) is 8.92. The molecule has 0 aromatic heterocycles. The summed E-state index contributed by atoms with van der Waals surface area (Å²) in [6.07, 6.45) is 2.95. The summed E-state index contributed by atoms with van der Waals surface area (Å²) < 4.78 is 12.9. The molecule has 2 fully saturated rings. The van der Waals surface area contributed by atoms with E-state index in [1.54, 1.807) is 0 Å². The quantitative estimate of drug-likeness (QED) is 0.559. The molecular formula is C28H39NO3Si. The molecule has 0 unspecified atom stereocenters. The Labute approximate surface area is 200 Å². The Balaban J connectivity index is 1.62. The monoisotopic (exact) mass is 465 g/mol. The van der Waals surface area contributed by atoms with Gasteiger partial charge in [-0.05, 0) is 55.4 Å². The van der Waals surface area contributed by atoms with Crippen molar-refractivity contribution in [3.63, 3.8) is 0 Å². The van der Waals surface area contributed by atoms with E-state index in [2.05, 4.69) is 81.4 Å². The van der Waals surface area contributed by atoms with Gasteiger partial charge in [-0.15, -0.1) is 0 Å². The lowest BCUT2D eigenvalue weighted by atomic mass is 9.90. The highest BCUT2D eigenvalue weighted by molar-refractivity contribution is 6.99. The summed E-state index contributed by atoms with van der Waals surface area (Å²) >= 11 is 0. The number of benzene rings is 2. The molecule has 3 atom stereocenters. The fourth-order valence-corrected chi connectivity index (χ4v) is 10.5. The number of hydrogen-bond acceptors (Lipinski definition) is 3. The van der Waals surface area contributed by atoms with Crippen molar-refractivity contribution < 1.29 is 14.0 Å². The highest BCUT2D eigenvalue weighted by atomic mass is 28.4. The SMILES string of the molecule is CC(C)(C)OC(=O)N1[C@H]2CC[C@@H]1[C@H](CO[Si](c1ccccc1)(c1ccccc1)C(C)(C)C)C2. The van der Waals surface area contributed by atoms with E-state index in [0.717, 1.165) is 19.3 Å². The lowest BCUT2D eigenvalue weighted by molar-refractivity contribution is 0.0198. The Morgan fingerprint density at radius 1 is 0.909 bits per heavy atom. The molecule has 0 saturated carbocycles. The topological polar surface area (TPSA) is 38.8 Å². The molecule has 178 valence electrons. The Morgan fingerprint density at radius 3 is 1.94 bits per heavy atom. The van der Waals surface area contributed by atoms with Crippen LogP contribution in [0.15, 0.2) is 60.7 Å². The number of amides is 1. The summed E-state index contributed by atoms with van der Waals surface area (Å²) in [5, 5.41) is 2.56. The second-order valence-electron chi connectivity index (χ2n) is 11.7. The Bertz CT molecular complexity index is 909. The molecule has 0 radical (unpaired) electrons. The van der Waals surface area contributed by atoms with Crippen LogP contribution in [0.5, 0.6) is 0 Å². The predicted molar refractivity (Wildman–Crippen MR) is 137 cm³/mol. The van der Waals surface area contributed by atoms with Crippen LogP contribution in [0.3, 0.4) is 0 Å². The van der Waals surface area contributed by atoms with E-state index in [-0.39, 0.29) is 23.2 Å². The Hall–Kier alpha value is -2.11. The molecule has 0 spiro atoms. The van der Waals surface area contributed by atoms with Gasteiger partial charge in [-0.3, -0.25) is 0 Å². The molecule has 0 N–H and O–H groups in total. The Kier molecular flexibility index (Phi) is 6.49. The third kappa shape index (κ3) is 4.63. The minimum absolute atomic E-state index is 0.0435. The molecule has 2 saturated heterocycles. The van der Waals surface area contributed by atoms with Crippen molar-refractivity contribution in [1.82, 2.24) is 4.90 Å². The zero-order chi connectivity index (χ0) is 23.9. The van der Waals surface area contributed by atoms with Gasteiger partial charge in [0.15, 0.2) is 0 Å². The number of rotatable bonds is 5. The molecule has 2 aromatic carbocycles. The minimum atomic E-state index is -2.57. The first-order valence-corrected chi connectivity index (χ1v) is 14.2. The lowest BCUT2D eigenvalue weighted by Gasteiger charge is -2.44. The van der Waals surface area contributed by atoms with E-state index < -0.39 is 13.9 Å². The van der Waals surface area contributed by atoms with E-state index in [1.807, 2.05) is 25.7 Å². The average Bonchev–Trinajstić information content (AvgIpc) is 3.32. The fourth-order valence-electron chi connectivity index (χ4n) is 5.88. The molecule has 5 heteroatoms. The van der Waals surface area contributed by atoms with E-state index in [9.17, 15) is 4.79 Å². The molecule has 33 heavy (non-hydrogen) atoms. The van der Waals surface area contributed by atoms with Gasteiger partial charge in [0.05, 0.1) is 0 Å². The Morgan fingerprint density at radius 2 is 1.45 bits per heavy atom. The number of ether oxygens (including phenoxy) is 1. The third-order valence-electron chi connectivity index (χ3n) is 7.20. The van der Waals surface area contributed by atoms with E-state index >= 15 is 0 Å². The van der Waals surface area contributed by atoms with E-state index in [1.165, 1.54) is 10.4 Å². The third-order valence-corrected chi connectivity index (χ3v) is 12.2. The van der Waals surface area contributed by atoms with Crippen molar-refractivity contribution in [2.24, 2.45) is 5.92 Å². The number of fused-ring (bicyclic) bond motifs is 2. The standard InChI is InChI=1S/C28H39NO3Si/c1-27(2,3)32-26(30)29-22-17-18-25(29)21(19-22)20-31-33(28(4,5)6,23-13-9-7-10-14-23)24-15-11-8-12-16-24/h7-16,21-22,25H,17-20H2,1-6H3/t21-,22-,25+/m0/s1. The van der Waals surface area contributed by atoms with Gasteiger partial charge in [0, 0.05) is 24.6 Å². The first kappa shape index (κ1) is 24.0. The van der Waals surface area contributed by atoms with Gasteiger partial charge in [-0.25, -0.2) is 4.79 Å². The molecule has 0 aliphatic carbocycles. The highest BCUT2D eigenvalue weighted by Crippen LogP contribution is 2.44. The van der Waals surface area contributed by atoms with Gasteiger partial charge in [0.1, 0.15) is 5.60 Å². The van der Waals surface area contributed by atoms with Crippen LogP contribution >= 0.6 is 0 Å². The summed E-state index contributed by atoms with van der Waals surface area (Å²) in [6.45, 7) is 13.4. The van der Waals surface area contributed by atoms with Crippen LogP contribution in [0.4, 0.5) is 4.79 Å². The van der Waals surface area contributed by atoms with Crippen LogP contribution in [0.25, 0.3) is 0 Å². The number of carbonyl (C=O) groups excluding carboxylic acids is 1. The summed E-state index contributed by atoms with van der Waals surface area (Å²) in [4.78, 5) is 15.0. The van der Waals surface area contributed by atoms with Crippen molar-refractivity contribution in [3.05, 3.63) is 60.7 Å². The normalized spacial score (nSPS) is 23.1. The summed E-state index contributed by atoms with van der Waals surface area (Å²) in [5.74, 6) is 0.345. The van der Waals surface area contributed by atoms with E-state index in [0.29, 0.717) is 12.5 Å². The first-order valence-electron chi connectivity index (χ1n) is 12.3. The molecular weight excluding hydrogens is 426 g/mol. The molecule has 2 bridgehead atoms. The van der Waals surface area contributed by atoms with Gasteiger partial charge in [0.25, 0.3) is 8.32 Å². The van der Waals surface area contributed by atoms with Crippen LogP contribution in [-0.4, -0.2) is 43.6 Å². The van der Waals surface area contributed by atoms with Gasteiger partial charge in [-0.2, -0.15) is 0 Å². The van der Waals surface area contributed by atoms with Gasteiger partial charge >= 0.3 is 6.09 Å². The first-order chi connectivity index (χ1) is 15.5. The molecule has 2 heterocycles. The molecule has 4 rings (SSSR count). The smallest absolute Gasteiger partial charge is 0.410 e. The zero-order valence-corrected chi connectivity index (χ0v) is 22.0. The largest absolute Gasteiger partial charge is 0.444 e. The van der Waals surface area contributed by atoms with E-state index in [4.69, 9.17) is 9.16 Å². The zero-order valence-electron chi connectivity index (χ0n) is 21.0. The fraction of sp³-hybridized carbons (Fsp3) is 0.536. The maximum Gasteiger partial charge on any atom is 0.410 e. The minimum Gasteiger partial charge on any atom is -0.444 e. The van der Waals surface area contributed by atoms with Crippen LogP contribution in [0.1, 0.15) is 60.8 Å². The van der Waals surface area contributed by atoms with Crippen LogP contribution < -0.4 is 10.4 Å². The molecule has 1 amide bonds. The average molecular weight is 466 g/mol. The summed E-state index contributed by atoms with van der Waals surface area (Å²) in [5.41, 5.74) is -0.472. The highest BCUT2D eigenvalue weighted by Gasteiger charge is 2.53. The number of hydrogen-bond donors (Lipinski definition) is 0. The summed E-state index contributed by atoms with van der Waals surface area (Å²) in [7, 11) is -2.57. The van der Waals surface area contributed by atoms with Crippen molar-refractivity contribution in [2.45, 2.75) is 83.5 Å². The molecule has 2 aromatic rings. The molecule has 4 nitrogen and oxygen atoms in total. The van der Waals surface area contributed by atoms with Crippen LogP contribution in [-0.2, 0) is 9.16 Å². The van der Waals surface area contributed by atoms with Gasteiger partial charge < -0.3 is 14.1 Å². The lowest BCUT2D eigenvalue weighted by Crippen LogP contribution is -2.67. The maximum atomic E-state index is 12.9. The van der Waals surface area contributed by atoms with Crippen molar-refractivity contribution >= 4 is 24.8 Å². The maximum absolute atomic E-state index is 12.9. The molecule has 2 aliphatic rings. The predicted octanol–water partition coefficient (Wildman–Crippen LogP) is 5.35.